The van der Waals surface area contributed by atoms with E-state index < -0.39 is 0 Å². The summed E-state index contributed by atoms with van der Waals surface area (Å²) in [5.41, 5.74) is 1.44. The van der Waals surface area contributed by atoms with Crippen molar-refractivity contribution in [2.24, 2.45) is 5.92 Å². The molecule has 1 fully saturated rings. The molecule has 0 aliphatic carbocycles. The summed E-state index contributed by atoms with van der Waals surface area (Å²) in [5, 5.41) is 11.6. The molecule has 7 heteroatoms. The molecule has 6 nitrogen and oxygen atoms in total. The zero-order valence-electron chi connectivity index (χ0n) is 15.0. The predicted octanol–water partition coefficient (Wildman–Crippen LogP) is 2.58. The maximum atomic E-state index is 13.0. The summed E-state index contributed by atoms with van der Waals surface area (Å²) in [4.78, 5) is 14.6. The van der Waals surface area contributed by atoms with E-state index in [1.54, 1.807) is 24.3 Å². The standard InChI is InChI=1S/C19H23FN4O2/c1-13(2)18(19(25)24-9-11-26-12-10-24)21-17-8-7-16(22-23-17)14-3-5-15(20)6-4-14/h3-8,13,18H,9-12H2,1-2H3,(H,21,23). The van der Waals surface area contributed by atoms with Gasteiger partial charge < -0.3 is 15.0 Å². The maximum absolute atomic E-state index is 13.0. The monoisotopic (exact) mass is 358 g/mol. The van der Waals surface area contributed by atoms with Crippen molar-refractivity contribution >= 4 is 11.7 Å². The van der Waals surface area contributed by atoms with Gasteiger partial charge in [0.1, 0.15) is 17.7 Å². The Kier molecular flexibility index (Phi) is 5.78. The van der Waals surface area contributed by atoms with E-state index in [1.807, 2.05) is 18.7 Å². The molecule has 1 amide bonds. The zero-order valence-corrected chi connectivity index (χ0v) is 15.0. The molecule has 1 aliphatic heterocycles. The van der Waals surface area contributed by atoms with Gasteiger partial charge in [-0.05, 0) is 42.3 Å². The van der Waals surface area contributed by atoms with Crippen LogP contribution in [0.4, 0.5) is 10.2 Å². The molecule has 0 bridgehead atoms. The lowest BCUT2D eigenvalue weighted by Crippen LogP contribution is -2.49. The highest BCUT2D eigenvalue weighted by atomic mass is 19.1. The summed E-state index contributed by atoms with van der Waals surface area (Å²) in [6.45, 7) is 6.36. The van der Waals surface area contributed by atoms with E-state index in [-0.39, 0.29) is 23.7 Å². The van der Waals surface area contributed by atoms with E-state index >= 15 is 0 Å². The minimum Gasteiger partial charge on any atom is -0.378 e. The number of hydrogen-bond donors (Lipinski definition) is 1. The van der Waals surface area contributed by atoms with Gasteiger partial charge in [-0.1, -0.05) is 13.8 Å². The van der Waals surface area contributed by atoms with E-state index in [9.17, 15) is 9.18 Å². The Balaban J connectivity index is 1.70. The fraction of sp³-hybridized carbons (Fsp3) is 0.421. The number of aromatic nitrogens is 2. The molecule has 1 aliphatic rings. The van der Waals surface area contributed by atoms with Crippen molar-refractivity contribution in [1.82, 2.24) is 15.1 Å². The minimum atomic E-state index is -0.376. The van der Waals surface area contributed by atoms with Gasteiger partial charge in [0, 0.05) is 18.7 Å². The molecule has 26 heavy (non-hydrogen) atoms. The molecule has 2 heterocycles. The molecule has 138 valence electrons. The van der Waals surface area contributed by atoms with Crippen LogP contribution in [0.25, 0.3) is 11.3 Å². The summed E-state index contributed by atoms with van der Waals surface area (Å²) < 4.78 is 18.3. The fourth-order valence-electron chi connectivity index (χ4n) is 2.84. The quantitative estimate of drug-likeness (QED) is 0.890. The molecular weight excluding hydrogens is 335 g/mol. The summed E-state index contributed by atoms with van der Waals surface area (Å²) >= 11 is 0. The second-order valence-electron chi connectivity index (χ2n) is 6.61. The van der Waals surface area contributed by atoms with Crippen LogP contribution in [-0.2, 0) is 9.53 Å². The summed E-state index contributed by atoms with van der Waals surface area (Å²) in [6.07, 6.45) is 0. The van der Waals surface area contributed by atoms with Crippen LogP contribution in [0.3, 0.4) is 0 Å². The smallest absolute Gasteiger partial charge is 0.245 e. The van der Waals surface area contributed by atoms with Gasteiger partial charge in [-0.2, -0.15) is 0 Å². The van der Waals surface area contributed by atoms with Crippen molar-refractivity contribution in [3.05, 3.63) is 42.2 Å². The summed E-state index contributed by atoms with van der Waals surface area (Å²) in [6, 6.07) is 9.31. The first kappa shape index (κ1) is 18.3. The van der Waals surface area contributed by atoms with E-state index in [2.05, 4.69) is 15.5 Å². The molecule has 1 atom stereocenters. The molecule has 0 spiro atoms. The topological polar surface area (TPSA) is 67.4 Å². The van der Waals surface area contributed by atoms with Crippen molar-refractivity contribution < 1.29 is 13.9 Å². The SMILES string of the molecule is CC(C)C(Nc1ccc(-c2ccc(F)cc2)nn1)C(=O)N1CCOCC1. The molecule has 1 unspecified atom stereocenters. The number of ether oxygens (including phenoxy) is 1. The summed E-state index contributed by atoms with van der Waals surface area (Å²) in [5.74, 6) is 0.397. The Bertz CT molecular complexity index is 728. The largest absolute Gasteiger partial charge is 0.378 e. The molecule has 1 N–H and O–H groups in total. The van der Waals surface area contributed by atoms with Crippen molar-refractivity contribution in [2.45, 2.75) is 19.9 Å². The second kappa shape index (κ2) is 8.23. The van der Waals surface area contributed by atoms with E-state index in [0.717, 1.165) is 5.56 Å². The van der Waals surface area contributed by atoms with Crippen LogP contribution < -0.4 is 5.32 Å². The third kappa shape index (κ3) is 4.35. The Labute approximate surface area is 152 Å². The van der Waals surface area contributed by atoms with E-state index in [1.165, 1.54) is 12.1 Å². The molecule has 0 saturated carbocycles. The molecule has 1 aromatic heterocycles. The van der Waals surface area contributed by atoms with Crippen LogP contribution in [0.5, 0.6) is 0 Å². The lowest BCUT2D eigenvalue weighted by Gasteiger charge is -2.32. The van der Waals surface area contributed by atoms with Gasteiger partial charge in [0.15, 0.2) is 0 Å². The van der Waals surface area contributed by atoms with Crippen LogP contribution in [0.15, 0.2) is 36.4 Å². The van der Waals surface area contributed by atoms with Crippen LogP contribution >= 0.6 is 0 Å². The van der Waals surface area contributed by atoms with Gasteiger partial charge in [-0.3, -0.25) is 4.79 Å². The number of rotatable bonds is 5. The average molecular weight is 358 g/mol. The molecule has 2 aromatic rings. The Hall–Kier alpha value is -2.54. The number of hydrogen-bond acceptors (Lipinski definition) is 5. The van der Waals surface area contributed by atoms with Crippen molar-refractivity contribution in [3.63, 3.8) is 0 Å². The van der Waals surface area contributed by atoms with Crippen LogP contribution in [0.1, 0.15) is 13.8 Å². The number of carbonyl (C=O) groups is 1. The second-order valence-corrected chi connectivity index (χ2v) is 6.61. The van der Waals surface area contributed by atoms with Gasteiger partial charge in [0.05, 0.1) is 18.9 Å². The van der Waals surface area contributed by atoms with E-state index in [4.69, 9.17) is 4.74 Å². The van der Waals surface area contributed by atoms with Crippen molar-refractivity contribution in [2.75, 3.05) is 31.6 Å². The summed E-state index contributed by atoms with van der Waals surface area (Å²) in [7, 11) is 0. The number of carbonyl (C=O) groups excluding carboxylic acids is 1. The number of benzene rings is 1. The van der Waals surface area contributed by atoms with Crippen LogP contribution in [0.2, 0.25) is 0 Å². The normalized spacial score (nSPS) is 15.8. The molecule has 1 saturated heterocycles. The van der Waals surface area contributed by atoms with Crippen LogP contribution in [0, 0.1) is 11.7 Å². The van der Waals surface area contributed by atoms with Gasteiger partial charge in [-0.25, -0.2) is 4.39 Å². The first-order chi connectivity index (χ1) is 12.5. The molecule has 0 radical (unpaired) electrons. The first-order valence-corrected chi connectivity index (χ1v) is 8.77. The fourth-order valence-corrected chi connectivity index (χ4v) is 2.84. The first-order valence-electron chi connectivity index (χ1n) is 8.77. The van der Waals surface area contributed by atoms with Gasteiger partial charge in [-0.15, -0.1) is 10.2 Å². The highest BCUT2D eigenvalue weighted by molar-refractivity contribution is 5.84. The number of nitrogens with zero attached hydrogens (tertiary/aromatic N) is 3. The predicted molar refractivity (Wildman–Crippen MR) is 97.1 cm³/mol. The molecule has 1 aromatic carbocycles. The average Bonchev–Trinajstić information content (AvgIpc) is 2.67. The van der Waals surface area contributed by atoms with Crippen molar-refractivity contribution in [1.29, 1.82) is 0 Å². The van der Waals surface area contributed by atoms with E-state index in [0.29, 0.717) is 37.8 Å². The number of nitrogens with one attached hydrogen (secondary N) is 1. The lowest BCUT2D eigenvalue weighted by molar-refractivity contribution is -0.137. The van der Waals surface area contributed by atoms with Gasteiger partial charge >= 0.3 is 0 Å². The highest BCUT2D eigenvalue weighted by Crippen LogP contribution is 2.19. The lowest BCUT2D eigenvalue weighted by atomic mass is 10.0. The van der Waals surface area contributed by atoms with Gasteiger partial charge in [0.2, 0.25) is 5.91 Å². The highest BCUT2D eigenvalue weighted by Gasteiger charge is 2.28. The van der Waals surface area contributed by atoms with Crippen molar-refractivity contribution in [3.8, 4) is 11.3 Å². The third-order valence-corrected chi connectivity index (χ3v) is 4.36. The third-order valence-electron chi connectivity index (χ3n) is 4.36. The maximum Gasteiger partial charge on any atom is 0.245 e. The number of amides is 1. The minimum absolute atomic E-state index is 0.0488. The number of halogens is 1. The zero-order chi connectivity index (χ0) is 18.5. The van der Waals surface area contributed by atoms with Gasteiger partial charge in [0.25, 0.3) is 0 Å². The molecule has 3 rings (SSSR count). The Morgan fingerprint density at radius 3 is 2.38 bits per heavy atom. The molecular formula is C19H23FN4O2. The number of anilines is 1. The number of morpholine rings is 1. The Morgan fingerprint density at radius 1 is 1.12 bits per heavy atom. The Morgan fingerprint density at radius 2 is 1.81 bits per heavy atom. The van der Waals surface area contributed by atoms with Crippen LogP contribution in [-0.4, -0.2) is 53.3 Å².